The maximum atomic E-state index is 10.1. The van der Waals surface area contributed by atoms with E-state index < -0.39 is 37.3 Å². The fourth-order valence-electron chi connectivity index (χ4n) is 2.35. The first-order chi connectivity index (χ1) is 10.9. The Bertz CT molecular complexity index is 538. The van der Waals surface area contributed by atoms with Gasteiger partial charge in [0.2, 0.25) is 6.29 Å². The molecule has 9 nitrogen and oxygen atoms in total. The average Bonchev–Trinajstić information content (AvgIpc) is 2.52. The molecule has 1 saturated heterocycles. The van der Waals surface area contributed by atoms with Gasteiger partial charge in [-0.2, -0.15) is 0 Å². The molecule has 1 fully saturated rings. The molecule has 23 heavy (non-hydrogen) atoms. The largest absolute Gasteiger partial charge is 0.508 e. The second kappa shape index (κ2) is 7.30. The van der Waals surface area contributed by atoms with Gasteiger partial charge in [-0.05, 0) is 13.1 Å². The van der Waals surface area contributed by atoms with Crippen LogP contribution in [0.15, 0.2) is 12.1 Å². The minimum Gasteiger partial charge on any atom is -0.508 e. The Balaban J connectivity index is 2.24. The number of nitrogens with one attached hydrogen (secondary N) is 1. The van der Waals surface area contributed by atoms with E-state index in [4.69, 9.17) is 14.6 Å². The van der Waals surface area contributed by atoms with E-state index in [1.165, 1.54) is 6.07 Å². The minimum atomic E-state index is -1.61. The smallest absolute Gasteiger partial charge is 0.229 e. The predicted octanol–water partition coefficient (Wildman–Crippen LogP) is -2.00. The second-order valence-electron chi connectivity index (χ2n) is 5.30. The molecule has 9 heteroatoms. The molecule has 1 aromatic carbocycles. The topological polar surface area (TPSA) is 152 Å². The average molecular weight is 331 g/mol. The van der Waals surface area contributed by atoms with Crippen molar-refractivity contribution in [2.24, 2.45) is 0 Å². The normalized spacial score (nSPS) is 31.1. The Morgan fingerprint density at radius 2 is 1.83 bits per heavy atom. The van der Waals surface area contributed by atoms with Crippen LogP contribution in [-0.4, -0.2) is 75.0 Å². The number of ether oxygens (including phenoxy) is 2. The highest BCUT2D eigenvalue weighted by molar-refractivity contribution is 5.50. The van der Waals surface area contributed by atoms with Crippen LogP contribution in [0.4, 0.5) is 0 Å². The summed E-state index contributed by atoms with van der Waals surface area (Å²) in [6.45, 7) is -0.340. The van der Waals surface area contributed by atoms with Crippen LogP contribution < -0.4 is 10.1 Å². The maximum Gasteiger partial charge on any atom is 0.229 e. The highest BCUT2D eigenvalue weighted by Gasteiger charge is 2.45. The van der Waals surface area contributed by atoms with E-state index in [1.54, 1.807) is 7.05 Å². The lowest BCUT2D eigenvalue weighted by Crippen LogP contribution is -2.60. The van der Waals surface area contributed by atoms with E-state index in [0.717, 1.165) is 6.07 Å². The van der Waals surface area contributed by atoms with E-state index in [1.807, 2.05) is 0 Å². The summed E-state index contributed by atoms with van der Waals surface area (Å²) in [7, 11) is 1.65. The van der Waals surface area contributed by atoms with Crippen LogP contribution in [0.1, 0.15) is 5.56 Å². The van der Waals surface area contributed by atoms with Crippen molar-refractivity contribution in [2.45, 2.75) is 37.3 Å². The van der Waals surface area contributed by atoms with Crippen LogP contribution in [0.2, 0.25) is 0 Å². The van der Waals surface area contributed by atoms with Crippen molar-refractivity contribution in [3.8, 4) is 17.2 Å². The summed E-state index contributed by atoms with van der Waals surface area (Å²) < 4.78 is 10.5. The Morgan fingerprint density at radius 1 is 1.13 bits per heavy atom. The molecule has 0 bridgehead atoms. The molecule has 2 rings (SSSR count). The van der Waals surface area contributed by atoms with E-state index in [0.29, 0.717) is 5.56 Å². The summed E-state index contributed by atoms with van der Waals surface area (Å²) in [4.78, 5) is 0. The van der Waals surface area contributed by atoms with Crippen LogP contribution >= 0.6 is 0 Å². The van der Waals surface area contributed by atoms with Gasteiger partial charge in [0.25, 0.3) is 0 Å². The minimum absolute atomic E-state index is 0.167. The Morgan fingerprint density at radius 3 is 2.43 bits per heavy atom. The summed E-state index contributed by atoms with van der Waals surface area (Å²) >= 11 is 0. The van der Waals surface area contributed by atoms with Gasteiger partial charge in [0, 0.05) is 18.2 Å². The van der Waals surface area contributed by atoms with Gasteiger partial charge >= 0.3 is 0 Å². The van der Waals surface area contributed by atoms with Gasteiger partial charge in [0.05, 0.1) is 6.61 Å². The lowest BCUT2D eigenvalue weighted by molar-refractivity contribution is -0.277. The molecule has 0 unspecified atom stereocenters. The summed E-state index contributed by atoms with van der Waals surface area (Å²) in [6.07, 6.45) is -7.28. The van der Waals surface area contributed by atoms with Gasteiger partial charge in [0.1, 0.15) is 30.2 Å². The number of hydrogen-bond donors (Lipinski definition) is 7. The van der Waals surface area contributed by atoms with Gasteiger partial charge in [-0.3, -0.25) is 0 Å². The van der Waals surface area contributed by atoms with Crippen LogP contribution in [-0.2, 0) is 11.3 Å². The van der Waals surface area contributed by atoms with Crippen molar-refractivity contribution in [2.75, 3.05) is 13.7 Å². The fraction of sp³-hybridized carbons (Fsp3) is 0.571. The third kappa shape index (κ3) is 3.66. The van der Waals surface area contributed by atoms with Gasteiger partial charge in [-0.25, -0.2) is 0 Å². The number of phenolic OH excluding ortho intramolecular Hbond substituents is 2. The second-order valence-corrected chi connectivity index (χ2v) is 5.30. The Labute approximate surface area is 132 Å². The summed E-state index contributed by atoms with van der Waals surface area (Å²) in [5.41, 5.74) is 0.354. The number of rotatable bonds is 5. The third-order valence-corrected chi connectivity index (χ3v) is 3.60. The molecule has 0 amide bonds. The molecule has 1 heterocycles. The molecular formula is C14H21NO8. The summed E-state index contributed by atoms with van der Waals surface area (Å²) in [6, 6.07) is 2.46. The maximum absolute atomic E-state index is 10.1. The quantitative estimate of drug-likeness (QED) is 0.304. The summed E-state index contributed by atoms with van der Waals surface area (Å²) in [5.74, 6) is -0.610. The molecule has 1 aromatic rings. The molecule has 130 valence electrons. The highest BCUT2D eigenvalue weighted by Crippen LogP contribution is 2.36. The molecule has 5 atom stereocenters. The van der Waals surface area contributed by atoms with Gasteiger partial charge in [-0.1, -0.05) is 0 Å². The lowest BCUT2D eigenvalue weighted by atomic mass is 9.99. The third-order valence-electron chi connectivity index (χ3n) is 3.60. The number of aliphatic hydroxyl groups excluding tert-OH is 4. The number of aliphatic hydroxyl groups is 4. The van der Waals surface area contributed by atoms with Crippen LogP contribution in [0.5, 0.6) is 17.2 Å². The number of aromatic hydroxyl groups is 2. The first-order valence-corrected chi connectivity index (χ1v) is 7.05. The van der Waals surface area contributed by atoms with E-state index in [-0.39, 0.29) is 23.8 Å². The van der Waals surface area contributed by atoms with Crippen LogP contribution in [0, 0.1) is 0 Å². The number of phenols is 2. The molecule has 0 radical (unpaired) electrons. The van der Waals surface area contributed by atoms with Gasteiger partial charge < -0.3 is 45.4 Å². The van der Waals surface area contributed by atoms with E-state index in [9.17, 15) is 25.5 Å². The monoisotopic (exact) mass is 331 g/mol. The lowest BCUT2D eigenvalue weighted by Gasteiger charge is -2.39. The Kier molecular flexibility index (Phi) is 5.63. The molecule has 7 N–H and O–H groups in total. The van der Waals surface area contributed by atoms with Crippen molar-refractivity contribution in [3.05, 3.63) is 17.7 Å². The molecular weight excluding hydrogens is 310 g/mol. The zero-order valence-electron chi connectivity index (χ0n) is 12.5. The molecule has 0 aliphatic carbocycles. The van der Waals surface area contributed by atoms with Crippen LogP contribution in [0.3, 0.4) is 0 Å². The van der Waals surface area contributed by atoms with E-state index >= 15 is 0 Å². The van der Waals surface area contributed by atoms with Crippen molar-refractivity contribution < 1.29 is 40.1 Å². The zero-order valence-corrected chi connectivity index (χ0v) is 12.5. The van der Waals surface area contributed by atoms with Crippen molar-refractivity contribution in [3.63, 3.8) is 0 Å². The molecule has 1 aliphatic heterocycles. The highest BCUT2D eigenvalue weighted by atomic mass is 16.7. The number of hydrogen-bond acceptors (Lipinski definition) is 9. The van der Waals surface area contributed by atoms with Gasteiger partial charge in [0.15, 0.2) is 11.5 Å². The van der Waals surface area contributed by atoms with Crippen molar-refractivity contribution in [1.82, 2.24) is 5.32 Å². The van der Waals surface area contributed by atoms with Crippen molar-refractivity contribution >= 4 is 0 Å². The molecule has 1 aliphatic rings. The predicted molar refractivity (Wildman–Crippen MR) is 76.9 cm³/mol. The molecule has 0 spiro atoms. The first kappa shape index (κ1) is 17.7. The van der Waals surface area contributed by atoms with Crippen LogP contribution in [0.25, 0.3) is 0 Å². The summed E-state index contributed by atoms with van der Waals surface area (Å²) in [5, 5.41) is 61.1. The zero-order chi connectivity index (χ0) is 17.1. The fourth-order valence-corrected chi connectivity index (χ4v) is 2.35. The number of benzene rings is 1. The van der Waals surface area contributed by atoms with Gasteiger partial charge in [-0.15, -0.1) is 0 Å². The first-order valence-electron chi connectivity index (χ1n) is 7.05. The molecule has 0 aromatic heterocycles. The Hall–Kier alpha value is -1.62. The molecule has 0 saturated carbocycles. The standard InChI is InChI=1S/C14H21NO8/c1-15-4-6-2-7(17)3-8(10(6)18)22-14-13(21)12(20)11(19)9(5-16)23-14/h2-3,9,11-21H,4-5H2,1H3/t9-,11-,12+,13-,14-/m1/s1. The SMILES string of the molecule is CNCc1cc(O)cc(O[C@@H]2O[C@H](CO)[C@@H](O)[C@H](O)[C@H]2O)c1O. The van der Waals surface area contributed by atoms with E-state index in [2.05, 4.69) is 5.32 Å². The van der Waals surface area contributed by atoms with Crippen molar-refractivity contribution in [1.29, 1.82) is 0 Å².